The number of nitrogens with zero attached hydrogens (tertiary/aromatic N) is 5. The number of ether oxygens (including phenoxy) is 1. The van der Waals surface area contributed by atoms with Crippen molar-refractivity contribution in [3.8, 4) is 11.4 Å². The van der Waals surface area contributed by atoms with E-state index >= 15 is 0 Å². The predicted octanol–water partition coefficient (Wildman–Crippen LogP) is 3.44. The summed E-state index contributed by atoms with van der Waals surface area (Å²) in [6, 6.07) is 11.4. The van der Waals surface area contributed by atoms with E-state index in [9.17, 15) is 14.9 Å². The summed E-state index contributed by atoms with van der Waals surface area (Å²) < 4.78 is 7.65. The molecule has 29 heavy (non-hydrogen) atoms. The van der Waals surface area contributed by atoms with E-state index in [-0.39, 0.29) is 11.4 Å². The molecule has 2 heterocycles. The van der Waals surface area contributed by atoms with Crippen molar-refractivity contribution >= 4 is 38.3 Å². The molecule has 1 amide bonds. The molecule has 4 rings (SSSR count). The van der Waals surface area contributed by atoms with Gasteiger partial charge in [0.05, 0.1) is 33.6 Å². The number of fused-ring (bicyclic) bond motifs is 1. The maximum absolute atomic E-state index is 12.5. The van der Waals surface area contributed by atoms with Crippen LogP contribution in [0.4, 0.5) is 10.8 Å². The third kappa shape index (κ3) is 3.89. The highest BCUT2D eigenvalue weighted by Gasteiger charge is 2.15. The molecule has 0 saturated carbocycles. The Morgan fingerprint density at radius 1 is 1.31 bits per heavy atom. The molecule has 0 aliphatic rings. The molecular weight excluding hydrogens is 396 g/mol. The van der Waals surface area contributed by atoms with E-state index < -0.39 is 10.8 Å². The van der Waals surface area contributed by atoms with Crippen LogP contribution in [0.1, 0.15) is 17.4 Å². The number of rotatable bonds is 6. The monoisotopic (exact) mass is 410 g/mol. The van der Waals surface area contributed by atoms with Crippen LogP contribution >= 0.6 is 11.3 Å². The normalized spacial score (nSPS) is 10.8. The fourth-order valence-corrected chi connectivity index (χ4v) is 3.51. The Morgan fingerprint density at radius 2 is 2.17 bits per heavy atom. The maximum atomic E-state index is 12.5. The van der Waals surface area contributed by atoms with Gasteiger partial charge in [0.15, 0.2) is 10.8 Å². The molecule has 0 bridgehead atoms. The van der Waals surface area contributed by atoms with Gasteiger partial charge in [-0.15, -0.1) is 5.10 Å². The lowest BCUT2D eigenvalue weighted by Gasteiger charge is -2.00. The van der Waals surface area contributed by atoms with Crippen molar-refractivity contribution < 1.29 is 14.5 Å². The number of carbonyl (C=O) groups excluding carboxylic acids is 1. The van der Waals surface area contributed by atoms with Crippen molar-refractivity contribution in [2.45, 2.75) is 6.92 Å². The summed E-state index contributed by atoms with van der Waals surface area (Å²) in [5.74, 6) is 0.257. The lowest BCUT2D eigenvalue weighted by Crippen LogP contribution is -2.12. The number of thiazole rings is 1. The molecule has 4 aromatic rings. The molecule has 0 atom stereocenters. The first-order chi connectivity index (χ1) is 14.0. The zero-order valence-corrected chi connectivity index (χ0v) is 15.9. The average Bonchev–Trinajstić information content (AvgIpc) is 3.35. The smallest absolute Gasteiger partial charge is 0.279 e. The van der Waals surface area contributed by atoms with Crippen LogP contribution in [-0.4, -0.2) is 37.4 Å². The van der Waals surface area contributed by atoms with Crippen molar-refractivity contribution in [3.63, 3.8) is 0 Å². The van der Waals surface area contributed by atoms with Crippen molar-refractivity contribution in [3.05, 3.63) is 64.5 Å². The van der Waals surface area contributed by atoms with Crippen molar-refractivity contribution in [2.75, 3.05) is 11.9 Å². The van der Waals surface area contributed by atoms with Gasteiger partial charge < -0.3 is 4.74 Å². The van der Waals surface area contributed by atoms with Crippen LogP contribution in [0.25, 0.3) is 15.9 Å². The van der Waals surface area contributed by atoms with E-state index in [0.717, 1.165) is 16.0 Å². The minimum Gasteiger partial charge on any atom is -0.494 e. The topological polar surface area (TPSA) is 125 Å². The van der Waals surface area contributed by atoms with Gasteiger partial charge in [-0.2, -0.15) is 0 Å². The number of nitro groups is 1. The largest absolute Gasteiger partial charge is 0.494 e. The number of hydrogen-bond acceptors (Lipinski definition) is 8. The summed E-state index contributed by atoms with van der Waals surface area (Å²) in [7, 11) is 0. The molecular formula is C18H14N6O4S. The summed E-state index contributed by atoms with van der Waals surface area (Å²) in [6.45, 7) is 2.47. The van der Waals surface area contributed by atoms with Gasteiger partial charge >= 0.3 is 0 Å². The van der Waals surface area contributed by atoms with Gasteiger partial charge in [0.2, 0.25) is 0 Å². The first-order valence-corrected chi connectivity index (χ1v) is 9.37. The minimum atomic E-state index is -0.502. The standard InChI is InChI=1S/C18H14N6O4S/c1-2-28-13-6-7-14-16(9-13)29-18(19-14)20-17(25)15-10-23(22-21-15)11-4-3-5-12(8-11)24(26)27/h3-10H,2H2,1H3,(H,19,20,25). The highest BCUT2D eigenvalue weighted by molar-refractivity contribution is 7.22. The lowest BCUT2D eigenvalue weighted by atomic mass is 10.3. The van der Waals surface area contributed by atoms with Gasteiger partial charge in [-0.05, 0) is 31.2 Å². The van der Waals surface area contributed by atoms with Crippen LogP contribution in [0.15, 0.2) is 48.7 Å². The van der Waals surface area contributed by atoms with Gasteiger partial charge in [-0.3, -0.25) is 20.2 Å². The molecule has 0 unspecified atom stereocenters. The van der Waals surface area contributed by atoms with Gasteiger partial charge in [-0.1, -0.05) is 22.6 Å². The predicted molar refractivity (Wildman–Crippen MR) is 107 cm³/mol. The van der Waals surface area contributed by atoms with Crippen LogP contribution in [-0.2, 0) is 0 Å². The Kier molecular flexibility index (Phi) is 4.87. The molecule has 10 nitrogen and oxygen atoms in total. The van der Waals surface area contributed by atoms with E-state index in [1.165, 1.54) is 40.4 Å². The molecule has 11 heteroatoms. The van der Waals surface area contributed by atoms with Crippen molar-refractivity contribution in [1.82, 2.24) is 20.0 Å². The lowest BCUT2D eigenvalue weighted by molar-refractivity contribution is -0.384. The second-order valence-electron chi connectivity index (χ2n) is 5.86. The molecule has 0 aliphatic carbocycles. The van der Waals surface area contributed by atoms with Crippen LogP contribution in [0, 0.1) is 10.1 Å². The molecule has 2 aromatic carbocycles. The average molecular weight is 410 g/mol. The van der Waals surface area contributed by atoms with E-state index in [4.69, 9.17) is 4.74 Å². The Bertz CT molecular complexity index is 1220. The third-order valence-corrected chi connectivity index (χ3v) is 4.86. The molecule has 0 fully saturated rings. The Morgan fingerprint density at radius 3 is 2.97 bits per heavy atom. The third-order valence-electron chi connectivity index (χ3n) is 3.92. The summed E-state index contributed by atoms with van der Waals surface area (Å²) in [4.78, 5) is 27.3. The van der Waals surface area contributed by atoms with Crippen molar-refractivity contribution in [1.29, 1.82) is 0 Å². The van der Waals surface area contributed by atoms with Gasteiger partial charge in [0.25, 0.3) is 11.6 Å². The summed E-state index contributed by atoms with van der Waals surface area (Å²) in [5.41, 5.74) is 1.15. The Hall–Kier alpha value is -3.86. The number of nitro benzene ring substituents is 1. The van der Waals surface area contributed by atoms with Crippen LogP contribution in [0.3, 0.4) is 0 Å². The molecule has 0 radical (unpaired) electrons. The number of carbonyl (C=O) groups is 1. The van der Waals surface area contributed by atoms with E-state index in [0.29, 0.717) is 17.4 Å². The maximum Gasteiger partial charge on any atom is 0.279 e. The SMILES string of the molecule is CCOc1ccc2nc(NC(=O)c3cn(-c4cccc([N+](=O)[O-])c4)nn3)sc2c1. The molecule has 0 aliphatic heterocycles. The minimum absolute atomic E-state index is 0.0609. The van der Waals surface area contributed by atoms with Gasteiger partial charge in [-0.25, -0.2) is 9.67 Å². The second kappa shape index (κ2) is 7.64. The number of amides is 1. The zero-order chi connectivity index (χ0) is 20.4. The number of benzene rings is 2. The summed E-state index contributed by atoms with van der Waals surface area (Å²) >= 11 is 1.32. The van der Waals surface area contributed by atoms with Crippen LogP contribution in [0.2, 0.25) is 0 Å². The summed E-state index contributed by atoms with van der Waals surface area (Å²) in [6.07, 6.45) is 1.40. The summed E-state index contributed by atoms with van der Waals surface area (Å²) in [5, 5.41) is 21.7. The Labute approximate surface area is 167 Å². The van der Waals surface area contributed by atoms with Crippen LogP contribution < -0.4 is 10.1 Å². The number of anilines is 1. The fraction of sp³-hybridized carbons (Fsp3) is 0.111. The number of hydrogen-bond donors (Lipinski definition) is 1. The number of nitrogens with one attached hydrogen (secondary N) is 1. The number of non-ortho nitro benzene ring substituents is 1. The molecule has 0 spiro atoms. The van der Waals surface area contributed by atoms with E-state index in [1.54, 1.807) is 6.07 Å². The van der Waals surface area contributed by atoms with E-state index in [1.807, 2.05) is 25.1 Å². The number of aromatic nitrogens is 4. The first-order valence-electron chi connectivity index (χ1n) is 8.55. The second-order valence-corrected chi connectivity index (χ2v) is 6.89. The molecule has 2 aromatic heterocycles. The van der Waals surface area contributed by atoms with Gasteiger partial charge in [0.1, 0.15) is 5.75 Å². The quantitative estimate of drug-likeness (QED) is 0.381. The van der Waals surface area contributed by atoms with E-state index in [2.05, 4.69) is 20.6 Å². The highest BCUT2D eigenvalue weighted by Crippen LogP contribution is 2.29. The molecule has 0 saturated heterocycles. The van der Waals surface area contributed by atoms with Crippen molar-refractivity contribution in [2.24, 2.45) is 0 Å². The first kappa shape index (κ1) is 18.5. The highest BCUT2D eigenvalue weighted by atomic mass is 32.1. The Balaban J connectivity index is 1.53. The van der Waals surface area contributed by atoms with Gasteiger partial charge in [0, 0.05) is 12.1 Å². The molecule has 146 valence electrons. The van der Waals surface area contributed by atoms with Crippen LogP contribution in [0.5, 0.6) is 5.75 Å². The zero-order valence-electron chi connectivity index (χ0n) is 15.1. The fourth-order valence-electron chi connectivity index (χ4n) is 2.62. The molecule has 1 N–H and O–H groups in total.